The van der Waals surface area contributed by atoms with Crippen LogP contribution in [-0.2, 0) is 9.59 Å². The molecule has 0 aromatic rings. The summed E-state index contributed by atoms with van der Waals surface area (Å²) >= 11 is 0. The Balaban J connectivity index is 1.42. The van der Waals surface area contributed by atoms with Gasteiger partial charge in [0.25, 0.3) is 0 Å². The van der Waals surface area contributed by atoms with E-state index in [9.17, 15) is 9.59 Å². The number of hydrogen-bond donors (Lipinski definition) is 2. The van der Waals surface area contributed by atoms with E-state index < -0.39 is 0 Å². The number of carbonyl (C=O) groups excluding carboxylic acids is 2. The third-order valence-electron chi connectivity index (χ3n) is 5.59. The number of nitrogens with one attached hydrogen (secondary N) is 2. The molecule has 2 amide bonds. The molecule has 3 fully saturated rings. The first-order valence-electron chi connectivity index (χ1n) is 8.92. The molecule has 0 radical (unpaired) electrons. The fourth-order valence-corrected chi connectivity index (χ4v) is 4.23. The van der Waals surface area contributed by atoms with Crippen molar-refractivity contribution in [2.24, 2.45) is 17.8 Å². The van der Waals surface area contributed by atoms with Crippen LogP contribution in [0.1, 0.15) is 45.4 Å². The summed E-state index contributed by atoms with van der Waals surface area (Å²) in [4.78, 5) is 26.6. The summed E-state index contributed by atoms with van der Waals surface area (Å²) in [5.41, 5.74) is 0. The second-order valence-corrected chi connectivity index (χ2v) is 7.43. The highest BCUT2D eigenvalue weighted by atomic mass is 16.2. The molecule has 1 saturated carbocycles. The van der Waals surface area contributed by atoms with E-state index in [1.807, 2.05) is 11.8 Å². The first-order valence-corrected chi connectivity index (χ1v) is 8.92. The monoisotopic (exact) mass is 307 g/mol. The normalized spacial score (nSPS) is 30.1. The molecule has 0 aromatic heterocycles. The van der Waals surface area contributed by atoms with Gasteiger partial charge in [-0.25, -0.2) is 0 Å². The number of likely N-dealkylation sites (tertiary alicyclic amines) is 1. The molecular formula is C17H29N3O2. The molecule has 124 valence electrons. The third kappa shape index (κ3) is 3.62. The molecule has 5 heteroatoms. The van der Waals surface area contributed by atoms with Gasteiger partial charge in [0.1, 0.15) is 0 Å². The molecule has 1 aliphatic carbocycles. The number of fused-ring (bicyclic) bond motifs is 1. The van der Waals surface area contributed by atoms with Crippen LogP contribution in [0.15, 0.2) is 0 Å². The van der Waals surface area contributed by atoms with Crippen molar-refractivity contribution in [3.05, 3.63) is 0 Å². The highest BCUT2D eigenvalue weighted by molar-refractivity contribution is 5.81. The predicted molar refractivity (Wildman–Crippen MR) is 85.2 cm³/mol. The van der Waals surface area contributed by atoms with E-state index in [0.29, 0.717) is 18.3 Å². The summed E-state index contributed by atoms with van der Waals surface area (Å²) in [6, 6.07) is -0.0551. The molecule has 2 heterocycles. The van der Waals surface area contributed by atoms with Crippen LogP contribution >= 0.6 is 0 Å². The van der Waals surface area contributed by atoms with Gasteiger partial charge in [-0.3, -0.25) is 9.59 Å². The van der Waals surface area contributed by atoms with Gasteiger partial charge in [0.15, 0.2) is 0 Å². The summed E-state index contributed by atoms with van der Waals surface area (Å²) in [7, 11) is 0. The van der Waals surface area contributed by atoms with Gasteiger partial charge >= 0.3 is 0 Å². The van der Waals surface area contributed by atoms with Crippen LogP contribution in [-0.4, -0.2) is 48.9 Å². The Hall–Kier alpha value is -1.10. The van der Waals surface area contributed by atoms with Crippen molar-refractivity contribution < 1.29 is 9.59 Å². The highest BCUT2D eigenvalue weighted by Gasteiger charge is 2.38. The van der Waals surface area contributed by atoms with Gasteiger partial charge in [0, 0.05) is 44.6 Å². The minimum Gasteiger partial charge on any atom is -0.353 e. The van der Waals surface area contributed by atoms with Crippen molar-refractivity contribution in [2.45, 2.75) is 51.5 Å². The Morgan fingerprint density at radius 1 is 1.14 bits per heavy atom. The molecule has 3 rings (SSSR count). The molecule has 3 aliphatic rings. The van der Waals surface area contributed by atoms with Crippen LogP contribution < -0.4 is 10.6 Å². The number of amides is 2. The lowest BCUT2D eigenvalue weighted by atomic mass is 9.88. The molecule has 2 N–H and O–H groups in total. The molecule has 0 aromatic carbocycles. The van der Waals surface area contributed by atoms with Crippen molar-refractivity contribution >= 4 is 11.8 Å². The Morgan fingerprint density at radius 3 is 2.41 bits per heavy atom. The molecule has 5 nitrogen and oxygen atoms in total. The Bertz CT molecular complexity index is 408. The van der Waals surface area contributed by atoms with Gasteiger partial charge in [-0.05, 0) is 31.6 Å². The largest absolute Gasteiger partial charge is 0.353 e. The van der Waals surface area contributed by atoms with E-state index >= 15 is 0 Å². The summed E-state index contributed by atoms with van der Waals surface area (Å²) < 4.78 is 0. The average molecular weight is 307 g/mol. The van der Waals surface area contributed by atoms with Gasteiger partial charge in [-0.1, -0.05) is 19.3 Å². The average Bonchev–Trinajstić information content (AvgIpc) is 3.09. The minimum atomic E-state index is -0.0551. The zero-order valence-corrected chi connectivity index (χ0v) is 13.6. The maximum atomic E-state index is 12.4. The minimum absolute atomic E-state index is 0.0551. The summed E-state index contributed by atoms with van der Waals surface area (Å²) in [6.07, 6.45) is 6.03. The molecule has 1 unspecified atom stereocenters. The standard InChI is InChI=1S/C17H29N3O2/c1-12(19-17(22)13-5-3-2-4-6-13)7-16(21)20-10-14-8-18-9-15(14)11-20/h12-15,18H,2-11H2,1H3,(H,19,22)/t12?,14-,15+. The van der Waals surface area contributed by atoms with E-state index in [0.717, 1.165) is 51.9 Å². The fourth-order valence-electron chi connectivity index (χ4n) is 4.23. The maximum absolute atomic E-state index is 12.4. The molecule has 0 spiro atoms. The van der Waals surface area contributed by atoms with Crippen LogP contribution in [0.2, 0.25) is 0 Å². The molecule has 0 bridgehead atoms. The highest BCUT2D eigenvalue weighted by Crippen LogP contribution is 2.27. The van der Waals surface area contributed by atoms with E-state index in [2.05, 4.69) is 10.6 Å². The Labute approximate surface area is 133 Å². The predicted octanol–water partition coefficient (Wildman–Crippen LogP) is 1.14. The van der Waals surface area contributed by atoms with Crippen LogP contribution in [0.5, 0.6) is 0 Å². The summed E-state index contributed by atoms with van der Waals surface area (Å²) in [6.45, 7) is 5.82. The number of hydrogen-bond acceptors (Lipinski definition) is 3. The Kier molecular flexibility index (Phi) is 5.01. The topological polar surface area (TPSA) is 61.4 Å². The van der Waals surface area contributed by atoms with E-state index in [-0.39, 0.29) is 23.8 Å². The number of nitrogens with zero attached hydrogens (tertiary/aromatic N) is 1. The van der Waals surface area contributed by atoms with Crippen molar-refractivity contribution in [1.82, 2.24) is 15.5 Å². The van der Waals surface area contributed by atoms with Gasteiger partial charge in [0.2, 0.25) is 11.8 Å². The summed E-state index contributed by atoms with van der Waals surface area (Å²) in [5, 5.41) is 6.45. The number of rotatable bonds is 4. The van der Waals surface area contributed by atoms with Gasteiger partial charge in [0.05, 0.1) is 0 Å². The SMILES string of the molecule is CC(CC(=O)N1C[C@H]2CNC[C@H]2C1)NC(=O)C1CCCCC1. The van der Waals surface area contributed by atoms with Crippen LogP contribution in [0.4, 0.5) is 0 Å². The fraction of sp³-hybridized carbons (Fsp3) is 0.882. The van der Waals surface area contributed by atoms with Crippen LogP contribution in [0.3, 0.4) is 0 Å². The van der Waals surface area contributed by atoms with Crippen LogP contribution in [0.25, 0.3) is 0 Å². The first-order chi connectivity index (χ1) is 10.6. The van der Waals surface area contributed by atoms with Gasteiger partial charge in [-0.15, -0.1) is 0 Å². The van der Waals surface area contributed by atoms with Crippen molar-refractivity contribution in [2.75, 3.05) is 26.2 Å². The van der Waals surface area contributed by atoms with Gasteiger partial charge in [-0.2, -0.15) is 0 Å². The number of carbonyl (C=O) groups is 2. The molecule has 22 heavy (non-hydrogen) atoms. The maximum Gasteiger partial charge on any atom is 0.224 e. The second kappa shape index (κ2) is 6.99. The zero-order valence-electron chi connectivity index (χ0n) is 13.6. The lowest BCUT2D eigenvalue weighted by Gasteiger charge is -2.24. The van der Waals surface area contributed by atoms with Crippen LogP contribution in [0, 0.1) is 17.8 Å². The Morgan fingerprint density at radius 2 is 1.77 bits per heavy atom. The molecule has 3 atom stereocenters. The molecule has 2 saturated heterocycles. The van der Waals surface area contributed by atoms with E-state index in [1.54, 1.807) is 0 Å². The smallest absolute Gasteiger partial charge is 0.224 e. The second-order valence-electron chi connectivity index (χ2n) is 7.43. The van der Waals surface area contributed by atoms with E-state index in [1.165, 1.54) is 6.42 Å². The molecular weight excluding hydrogens is 278 g/mol. The van der Waals surface area contributed by atoms with Crippen molar-refractivity contribution in [3.8, 4) is 0 Å². The first kappa shape index (κ1) is 15.8. The zero-order chi connectivity index (χ0) is 15.5. The van der Waals surface area contributed by atoms with Crippen molar-refractivity contribution in [3.63, 3.8) is 0 Å². The van der Waals surface area contributed by atoms with E-state index in [4.69, 9.17) is 0 Å². The molecule has 2 aliphatic heterocycles. The third-order valence-corrected chi connectivity index (χ3v) is 5.59. The van der Waals surface area contributed by atoms with Crippen molar-refractivity contribution in [1.29, 1.82) is 0 Å². The lowest BCUT2D eigenvalue weighted by molar-refractivity contribution is -0.131. The quantitative estimate of drug-likeness (QED) is 0.819. The van der Waals surface area contributed by atoms with Gasteiger partial charge < -0.3 is 15.5 Å². The lowest BCUT2D eigenvalue weighted by Crippen LogP contribution is -2.42. The summed E-state index contributed by atoms with van der Waals surface area (Å²) in [5.74, 6) is 1.80.